The predicted octanol–water partition coefficient (Wildman–Crippen LogP) is 1.65. The Balaban J connectivity index is 2.99. The van der Waals surface area contributed by atoms with Gasteiger partial charge in [-0.2, -0.15) is 0 Å². The third kappa shape index (κ3) is 1.67. The van der Waals surface area contributed by atoms with Crippen molar-refractivity contribution in [3.8, 4) is 0 Å². The molecule has 0 saturated heterocycles. The Bertz CT molecular complexity index is 691. The second-order valence-corrected chi connectivity index (χ2v) is 3.20. The lowest BCUT2D eigenvalue weighted by atomic mass is 10.1. The molecule has 0 atom stereocenters. The lowest BCUT2D eigenvalue weighted by Gasteiger charge is -1.99. The van der Waals surface area contributed by atoms with Crippen molar-refractivity contribution in [1.29, 1.82) is 0 Å². The van der Waals surface area contributed by atoms with Crippen LogP contribution in [-0.4, -0.2) is 11.2 Å². The van der Waals surface area contributed by atoms with E-state index in [0.29, 0.717) is 6.07 Å². The summed E-state index contributed by atoms with van der Waals surface area (Å²) in [4.78, 5) is 31.9. The minimum absolute atomic E-state index is 0.238. The van der Waals surface area contributed by atoms with E-state index in [-0.39, 0.29) is 22.8 Å². The molecule has 0 unspecified atom stereocenters. The Morgan fingerprint density at radius 2 is 2.12 bits per heavy atom. The molecule has 1 aromatic heterocycles. The molecular weight excluding hydrogens is 233 g/mol. The van der Waals surface area contributed by atoms with Crippen LogP contribution in [0.1, 0.15) is 10.4 Å². The van der Waals surface area contributed by atoms with Gasteiger partial charge in [-0.25, -0.2) is 4.39 Å². The van der Waals surface area contributed by atoms with Gasteiger partial charge in [-0.05, 0) is 6.07 Å². The molecule has 0 radical (unpaired) electrons. The summed E-state index contributed by atoms with van der Waals surface area (Å²) in [7, 11) is 0. The normalized spacial score (nSPS) is 10.4. The molecule has 0 spiro atoms. The van der Waals surface area contributed by atoms with Gasteiger partial charge in [0.1, 0.15) is 12.1 Å². The maximum atomic E-state index is 13.1. The van der Waals surface area contributed by atoms with Crippen LogP contribution in [0.4, 0.5) is 10.1 Å². The van der Waals surface area contributed by atoms with Crippen LogP contribution in [0.25, 0.3) is 11.0 Å². The smallest absolute Gasteiger partial charge is 0.315 e. The standard InChI is InChI=1S/C10H4FNO5/c11-6-1-7-9(14)5(3-13)4-17-10(7)8(2-6)12(15)16/h1-4H. The van der Waals surface area contributed by atoms with Crippen LogP contribution in [0.3, 0.4) is 0 Å². The fraction of sp³-hybridized carbons (Fsp3) is 0. The van der Waals surface area contributed by atoms with Crippen molar-refractivity contribution in [2.45, 2.75) is 0 Å². The van der Waals surface area contributed by atoms with Crippen LogP contribution in [-0.2, 0) is 0 Å². The molecule has 0 saturated carbocycles. The van der Waals surface area contributed by atoms with Crippen LogP contribution < -0.4 is 5.43 Å². The summed E-state index contributed by atoms with van der Waals surface area (Å²) in [5.74, 6) is -0.945. The molecule has 7 heteroatoms. The van der Waals surface area contributed by atoms with Gasteiger partial charge in [-0.15, -0.1) is 0 Å². The lowest BCUT2D eigenvalue weighted by molar-refractivity contribution is -0.383. The van der Waals surface area contributed by atoms with Crippen molar-refractivity contribution >= 4 is 22.9 Å². The van der Waals surface area contributed by atoms with Gasteiger partial charge in [-0.3, -0.25) is 19.7 Å². The minimum Gasteiger partial charge on any atom is -0.456 e. The maximum absolute atomic E-state index is 13.1. The molecule has 0 bridgehead atoms. The van der Waals surface area contributed by atoms with Crippen molar-refractivity contribution in [2.75, 3.05) is 0 Å². The summed E-state index contributed by atoms with van der Waals surface area (Å²) in [6.07, 6.45) is 1.05. The molecule has 0 amide bonds. The van der Waals surface area contributed by atoms with Crippen molar-refractivity contribution in [3.05, 3.63) is 50.1 Å². The Kier molecular flexibility index (Phi) is 2.43. The molecule has 1 aromatic carbocycles. The average Bonchev–Trinajstić information content (AvgIpc) is 2.29. The molecule has 86 valence electrons. The zero-order valence-electron chi connectivity index (χ0n) is 8.18. The van der Waals surface area contributed by atoms with Crippen LogP contribution >= 0.6 is 0 Å². The van der Waals surface area contributed by atoms with E-state index >= 15 is 0 Å². The summed E-state index contributed by atoms with van der Waals surface area (Å²) in [5, 5.41) is 10.3. The summed E-state index contributed by atoms with van der Waals surface area (Å²) in [6, 6.07) is 1.44. The number of non-ortho nitro benzene ring substituents is 1. The largest absolute Gasteiger partial charge is 0.456 e. The number of carbonyl (C=O) groups excluding carboxylic acids is 1. The third-order valence-corrected chi connectivity index (χ3v) is 2.17. The highest BCUT2D eigenvalue weighted by molar-refractivity contribution is 5.89. The molecular formula is C10H4FNO5. The van der Waals surface area contributed by atoms with Crippen LogP contribution in [0.2, 0.25) is 0 Å². The van der Waals surface area contributed by atoms with Crippen molar-refractivity contribution < 1.29 is 18.5 Å². The zero-order chi connectivity index (χ0) is 12.6. The fourth-order valence-electron chi connectivity index (χ4n) is 1.42. The average molecular weight is 237 g/mol. The highest BCUT2D eigenvalue weighted by Crippen LogP contribution is 2.25. The zero-order valence-corrected chi connectivity index (χ0v) is 8.18. The Hall–Kier alpha value is -2.57. The number of carbonyl (C=O) groups is 1. The van der Waals surface area contributed by atoms with Crippen LogP contribution in [0, 0.1) is 15.9 Å². The Morgan fingerprint density at radius 3 is 2.71 bits per heavy atom. The molecule has 0 N–H and O–H groups in total. The minimum atomic E-state index is -0.945. The van der Waals surface area contributed by atoms with Gasteiger partial charge in [0, 0.05) is 0 Å². The highest BCUT2D eigenvalue weighted by atomic mass is 19.1. The number of nitro benzene ring substituents is 1. The lowest BCUT2D eigenvalue weighted by Crippen LogP contribution is -2.08. The van der Waals surface area contributed by atoms with Gasteiger partial charge in [-0.1, -0.05) is 0 Å². The summed E-state index contributed by atoms with van der Waals surface area (Å²) in [5.41, 5.74) is -2.14. The summed E-state index contributed by atoms with van der Waals surface area (Å²) in [6.45, 7) is 0. The molecule has 2 rings (SSSR count). The van der Waals surface area contributed by atoms with E-state index in [9.17, 15) is 24.1 Å². The quantitative estimate of drug-likeness (QED) is 0.450. The Labute approximate surface area is 92.4 Å². The number of hydrogen-bond acceptors (Lipinski definition) is 5. The number of nitro groups is 1. The first kappa shape index (κ1) is 10.9. The Morgan fingerprint density at radius 1 is 1.41 bits per heavy atom. The van der Waals surface area contributed by atoms with Gasteiger partial charge in [0.2, 0.25) is 11.0 Å². The summed E-state index contributed by atoms with van der Waals surface area (Å²) < 4.78 is 17.9. The number of fused-ring (bicyclic) bond motifs is 1. The number of halogens is 1. The first-order chi connectivity index (χ1) is 8.04. The second kappa shape index (κ2) is 3.78. The van der Waals surface area contributed by atoms with Crippen molar-refractivity contribution in [3.63, 3.8) is 0 Å². The number of aldehydes is 1. The first-order valence-electron chi connectivity index (χ1n) is 4.39. The van der Waals surface area contributed by atoms with Crippen molar-refractivity contribution in [1.82, 2.24) is 0 Å². The third-order valence-electron chi connectivity index (χ3n) is 2.17. The monoisotopic (exact) mass is 237 g/mol. The van der Waals surface area contributed by atoms with E-state index < -0.39 is 21.9 Å². The predicted molar refractivity (Wildman–Crippen MR) is 54.5 cm³/mol. The molecule has 0 aliphatic carbocycles. The topological polar surface area (TPSA) is 90.4 Å². The van der Waals surface area contributed by atoms with E-state index in [4.69, 9.17) is 4.42 Å². The van der Waals surface area contributed by atoms with Crippen LogP contribution in [0.15, 0.2) is 27.6 Å². The van der Waals surface area contributed by atoms with Gasteiger partial charge < -0.3 is 4.42 Å². The van der Waals surface area contributed by atoms with Crippen molar-refractivity contribution in [2.24, 2.45) is 0 Å². The van der Waals surface area contributed by atoms with Gasteiger partial charge >= 0.3 is 5.69 Å². The van der Waals surface area contributed by atoms with E-state index in [1.165, 1.54) is 0 Å². The molecule has 0 fully saturated rings. The van der Waals surface area contributed by atoms with E-state index in [2.05, 4.69) is 0 Å². The highest BCUT2D eigenvalue weighted by Gasteiger charge is 2.19. The molecule has 0 aliphatic rings. The molecule has 17 heavy (non-hydrogen) atoms. The van der Waals surface area contributed by atoms with Gasteiger partial charge in [0.25, 0.3) is 0 Å². The number of rotatable bonds is 2. The molecule has 2 aromatic rings. The number of benzene rings is 1. The van der Waals surface area contributed by atoms with Gasteiger partial charge in [0.05, 0.1) is 21.9 Å². The second-order valence-electron chi connectivity index (χ2n) is 3.20. The number of nitrogens with zero attached hydrogens (tertiary/aromatic N) is 1. The van der Waals surface area contributed by atoms with Crippen LogP contribution in [0.5, 0.6) is 0 Å². The van der Waals surface area contributed by atoms with E-state index in [1.54, 1.807) is 0 Å². The fourth-order valence-corrected chi connectivity index (χ4v) is 1.42. The van der Waals surface area contributed by atoms with E-state index in [1.807, 2.05) is 0 Å². The maximum Gasteiger partial charge on any atom is 0.315 e. The van der Waals surface area contributed by atoms with E-state index in [0.717, 1.165) is 12.3 Å². The SMILES string of the molecule is O=Cc1coc2c([N+](=O)[O-])cc(F)cc2c1=O. The summed E-state index contributed by atoms with van der Waals surface area (Å²) >= 11 is 0. The first-order valence-corrected chi connectivity index (χ1v) is 4.39. The molecule has 6 nitrogen and oxygen atoms in total. The molecule has 0 aliphatic heterocycles. The number of hydrogen-bond donors (Lipinski definition) is 0. The molecule has 1 heterocycles. The van der Waals surface area contributed by atoms with Gasteiger partial charge in [0.15, 0.2) is 6.29 Å².